The number of ether oxygens (including phenoxy) is 2. The van der Waals surface area contributed by atoms with Gasteiger partial charge in [-0.15, -0.1) is 0 Å². The molecule has 0 radical (unpaired) electrons. The molecule has 2 rings (SSSR count). The number of esters is 1. The van der Waals surface area contributed by atoms with Crippen LogP contribution in [-0.4, -0.2) is 5.97 Å². The van der Waals surface area contributed by atoms with Crippen molar-refractivity contribution < 1.29 is 18.7 Å². The maximum Gasteiger partial charge on any atom is 0.310 e. The average molecular weight is 414 g/mol. The van der Waals surface area contributed by atoms with Gasteiger partial charge in [-0.25, -0.2) is 4.39 Å². The zero-order valence-electron chi connectivity index (χ0n) is 12.4. The molecule has 5 heteroatoms. The molecule has 0 aromatic heterocycles. The summed E-state index contributed by atoms with van der Waals surface area (Å²) in [5.41, 5.74) is 1.56. The Balaban J connectivity index is 2.19. The van der Waals surface area contributed by atoms with Crippen molar-refractivity contribution in [2.24, 2.45) is 0 Å². The summed E-state index contributed by atoms with van der Waals surface area (Å²) < 4.78 is 25.5. The predicted octanol–water partition coefficient (Wildman–Crippen LogP) is 4.63. The summed E-state index contributed by atoms with van der Waals surface area (Å²) in [4.78, 5) is 11.5. The standard InChI is InChI=1S/C17H16FIO3/c1-3-17(20)22-15-6-4-5-14(19)12(15)10-21-16-8-7-11(2)9-13(16)18/h4-9H,3,10H2,1-2H3. The second-order valence-corrected chi connectivity index (χ2v) is 5.93. The Bertz CT molecular complexity index is 686. The summed E-state index contributed by atoms with van der Waals surface area (Å²) in [5, 5.41) is 0. The summed E-state index contributed by atoms with van der Waals surface area (Å²) >= 11 is 2.14. The third-order valence-corrected chi connectivity index (χ3v) is 4.06. The van der Waals surface area contributed by atoms with Crippen LogP contribution in [0.2, 0.25) is 0 Å². The first kappa shape index (κ1) is 16.7. The molecule has 0 fully saturated rings. The lowest BCUT2D eigenvalue weighted by molar-refractivity contribution is -0.134. The maximum absolute atomic E-state index is 13.8. The Hall–Kier alpha value is -1.63. The molecule has 3 nitrogen and oxygen atoms in total. The normalized spacial score (nSPS) is 10.4. The average Bonchev–Trinajstić information content (AvgIpc) is 2.48. The van der Waals surface area contributed by atoms with Gasteiger partial charge in [0.05, 0.1) is 0 Å². The van der Waals surface area contributed by atoms with Gasteiger partial charge in [0.25, 0.3) is 0 Å². The van der Waals surface area contributed by atoms with Gasteiger partial charge in [-0.2, -0.15) is 0 Å². The van der Waals surface area contributed by atoms with Gasteiger partial charge in [-0.3, -0.25) is 4.79 Å². The lowest BCUT2D eigenvalue weighted by atomic mass is 10.2. The van der Waals surface area contributed by atoms with E-state index >= 15 is 0 Å². The van der Waals surface area contributed by atoms with Crippen LogP contribution in [0.25, 0.3) is 0 Å². The van der Waals surface area contributed by atoms with E-state index in [-0.39, 0.29) is 18.3 Å². The van der Waals surface area contributed by atoms with Gasteiger partial charge in [0.2, 0.25) is 0 Å². The predicted molar refractivity (Wildman–Crippen MR) is 90.6 cm³/mol. The fourth-order valence-corrected chi connectivity index (χ4v) is 2.47. The summed E-state index contributed by atoms with van der Waals surface area (Å²) in [5.74, 6) is -0.0906. The van der Waals surface area contributed by atoms with Crippen molar-refractivity contribution >= 4 is 28.6 Å². The molecule has 0 atom stereocenters. The van der Waals surface area contributed by atoms with E-state index in [1.807, 2.05) is 13.0 Å². The van der Waals surface area contributed by atoms with Crippen molar-refractivity contribution in [3.05, 3.63) is 56.9 Å². The minimum atomic E-state index is -0.405. The third kappa shape index (κ3) is 4.19. The second kappa shape index (κ2) is 7.58. The molecule has 0 unspecified atom stereocenters. The van der Waals surface area contributed by atoms with Crippen LogP contribution in [0.4, 0.5) is 4.39 Å². The first-order chi connectivity index (χ1) is 10.5. The van der Waals surface area contributed by atoms with Crippen molar-refractivity contribution in [2.45, 2.75) is 26.9 Å². The largest absolute Gasteiger partial charge is 0.486 e. The Morgan fingerprint density at radius 3 is 2.68 bits per heavy atom. The molecule has 0 saturated heterocycles. The zero-order valence-corrected chi connectivity index (χ0v) is 14.5. The summed E-state index contributed by atoms with van der Waals surface area (Å²) in [6, 6.07) is 10.2. The highest BCUT2D eigenvalue weighted by Gasteiger charge is 2.13. The smallest absolute Gasteiger partial charge is 0.310 e. The molecular formula is C17H16FIO3. The van der Waals surface area contributed by atoms with E-state index in [1.54, 1.807) is 31.2 Å². The Morgan fingerprint density at radius 2 is 2.00 bits per heavy atom. The van der Waals surface area contributed by atoms with Crippen molar-refractivity contribution in [1.29, 1.82) is 0 Å². The van der Waals surface area contributed by atoms with Crippen LogP contribution in [-0.2, 0) is 11.4 Å². The second-order valence-electron chi connectivity index (χ2n) is 4.77. The molecule has 0 spiro atoms. The molecule has 0 N–H and O–H groups in total. The SMILES string of the molecule is CCC(=O)Oc1cccc(I)c1COc1ccc(C)cc1F. The van der Waals surface area contributed by atoms with Gasteiger partial charge in [0.15, 0.2) is 11.6 Å². The minimum absolute atomic E-state index is 0.130. The van der Waals surface area contributed by atoms with E-state index in [2.05, 4.69) is 22.6 Å². The van der Waals surface area contributed by atoms with E-state index in [1.165, 1.54) is 6.07 Å². The quantitative estimate of drug-likeness (QED) is 0.407. The lowest BCUT2D eigenvalue weighted by Crippen LogP contribution is -2.09. The molecule has 0 aliphatic heterocycles. The molecular weight excluding hydrogens is 398 g/mol. The van der Waals surface area contributed by atoms with E-state index < -0.39 is 5.82 Å². The van der Waals surface area contributed by atoms with Gasteiger partial charge in [-0.05, 0) is 59.3 Å². The van der Waals surface area contributed by atoms with Gasteiger partial charge in [0.1, 0.15) is 12.4 Å². The highest BCUT2D eigenvalue weighted by Crippen LogP contribution is 2.27. The van der Waals surface area contributed by atoms with Crippen molar-refractivity contribution in [3.63, 3.8) is 0 Å². The van der Waals surface area contributed by atoms with Gasteiger partial charge >= 0.3 is 5.97 Å². The first-order valence-electron chi connectivity index (χ1n) is 6.88. The number of carbonyl (C=O) groups excluding carboxylic acids is 1. The van der Waals surface area contributed by atoms with Crippen molar-refractivity contribution in [1.82, 2.24) is 0 Å². The molecule has 0 aliphatic rings. The summed E-state index contributed by atoms with van der Waals surface area (Å²) in [6.07, 6.45) is 0.290. The lowest BCUT2D eigenvalue weighted by Gasteiger charge is -2.13. The highest BCUT2D eigenvalue weighted by molar-refractivity contribution is 14.1. The van der Waals surface area contributed by atoms with E-state index in [0.29, 0.717) is 12.2 Å². The summed E-state index contributed by atoms with van der Waals surface area (Å²) in [6.45, 7) is 3.68. The maximum atomic E-state index is 13.8. The Labute approximate surface area is 142 Å². The minimum Gasteiger partial charge on any atom is -0.486 e. The fourth-order valence-electron chi connectivity index (χ4n) is 1.84. The first-order valence-corrected chi connectivity index (χ1v) is 7.96. The van der Waals surface area contributed by atoms with Crippen LogP contribution in [0.1, 0.15) is 24.5 Å². The van der Waals surface area contributed by atoms with Crippen LogP contribution in [0.3, 0.4) is 0 Å². The number of benzene rings is 2. The van der Waals surface area contributed by atoms with Crippen LogP contribution in [0.15, 0.2) is 36.4 Å². The molecule has 22 heavy (non-hydrogen) atoms. The molecule has 0 saturated carbocycles. The molecule has 0 amide bonds. The highest BCUT2D eigenvalue weighted by atomic mass is 127. The van der Waals surface area contributed by atoms with Crippen LogP contribution in [0, 0.1) is 16.3 Å². The van der Waals surface area contributed by atoms with E-state index in [4.69, 9.17) is 9.47 Å². The Morgan fingerprint density at radius 1 is 1.23 bits per heavy atom. The van der Waals surface area contributed by atoms with E-state index in [9.17, 15) is 9.18 Å². The number of hydrogen-bond donors (Lipinski definition) is 0. The molecule has 0 aliphatic carbocycles. The zero-order chi connectivity index (χ0) is 16.1. The molecule has 0 heterocycles. The van der Waals surface area contributed by atoms with Crippen LogP contribution < -0.4 is 9.47 Å². The van der Waals surface area contributed by atoms with Crippen LogP contribution >= 0.6 is 22.6 Å². The van der Waals surface area contributed by atoms with Gasteiger partial charge < -0.3 is 9.47 Å². The number of rotatable bonds is 5. The van der Waals surface area contributed by atoms with Gasteiger partial charge in [-0.1, -0.05) is 19.1 Å². The Kier molecular flexibility index (Phi) is 5.76. The number of aryl methyl sites for hydroxylation is 1. The van der Waals surface area contributed by atoms with E-state index in [0.717, 1.165) is 14.7 Å². The monoisotopic (exact) mass is 414 g/mol. The molecule has 116 valence electrons. The van der Waals surface area contributed by atoms with Crippen LogP contribution in [0.5, 0.6) is 11.5 Å². The fraction of sp³-hybridized carbons (Fsp3) is 0.235. The number of hydrogen-bond acceptors (Lipinski definition) is 3. The summed E-state index contributed by atoms with van der Waals surface area (Å²) in [7, 11) is 0. The number of halogens is 2. The van der Waals surface area contributed by atoms with Crippen molar-refractivity contribution in [2.75, 3.05) is 0 Å². The third-order valence-electron chi connectivity index (χ3n) is 3.05. The molecule has 2 aromatic carbocycles. The van der Waals surface area contributed by atoms with Crippen molar-refractivity contribution in [3.8, 4) is 11.5 Å². The topological polar surface area (TPSA) is 35.5 Å². The molecule has 0 bridgehead atoms. The molecule has 2 aromatic rings. The van der Waals surface area contributed by atoms with Gasteiger partial charge in [0, 0.05) is 15.6 Å². The number of carbonyl (C=O) groups is 1.